The fourth-order valence-corrected chi connectivity index (χ4v) is 3.28. The molecule has 0 radical (unpaired) electrons. The van der Waals surface area contributed by atoms with Crippen LogP contribution in [0, 0.1) is 11.8 Å². The lowest BCUT2D eigenvalue weighted by Crippen LogP contribution is -2.31. The maximum absolute atomic E-state index is 5.46. The normalized spacial score (nSPS) is 25.3. The number of nitrogens with one attached hydrogen (secondary N) is 1. The molecular weight excluding hydrogens is 226 g/mol. The molecule has 0 spiro atoms. The monoisotopic (exact) mass is 251 g/mol. The van der Waals surface area contributed by atoms with E-state index >= 15 is 0 Å². The summed E-state index contributed by atoms with van der Waals surface area (Å²) in [6, 6.07) is 0.356. The summed E-state index contributed by atoms with van der Waals surface area (Å²) in [7, 11) is 3.73. The molecule has 1 aliphatic carbocycles. The predicted molar refractivity (Wildman–Crippen MR) is 72.7 cm³/mol. The molecule has 1 aromatic heterocycles. The Hall–Kier alpha value is -1.03. The Labute approximate surface area is 110 Å². The van der Waals surface area contributed by atoms with Crippen molar-refractivity contribution in [2.45, 2.75) is 39.2 Å². The number of methoxy groups -OCH3 is 1. The fourth-order valence-electron chi connectivity index (χ4n) is 3.28. The van der Waals surface area contributed by atoms with Crippen LogP contribution in [0.4, 0.5) is 0 Å². The second-order valence-corrected chi connectivity index (χ2v) is 5.33. The molecule has 18 heavy (non-hydrogen) atoms. The largest absolute Gasteiger partial charge is 0.493 e. The number of rotatable bonds is 5. The molecule has 0 aliphatic heterocycles. The molecule has 1 aliphatic rings. The molecule has 0 saturated heterocycles. The van der Waals surface area contributed by atoms with Gasteiger partial charge in [-0.2, -0.15) is 5.10 Å². The predicted octanol–water partition coefficient (Wildman–Crippen LogP) is 2.52. The molecule has 0 aromatic carbocycles. The summed E-state index contributed by atoms with van der Waals surface area (Å²) in [5.41, 5.74) is 1.19. The van der Waals surface area contributed by atoms with Gasteiger partial charge in [0.1, 0.15) is 0 Å². The Morgan fingerprint density at radius 3 is 2.89 bits per heavy atom. The quantitative estimate of drug-likeness (QED) is 0.874. The zero-order chi connectivity index (χ0) is 13.1. The first-order chi connectivity index (χ1) is 8.69. The molecule has 0 bridgehead atoms. The number of aromatic nitrogens is 2. The number of hydrogen-bond acceptors (Lipinski definition) is 3. The highest BCUT2D eigenvalue weighted by molar-refractivity contribution is 5.29. The van der Waals surface area contributed by atoms with Gasteiger partial charge in [-0.05, 0) is 24.8 Å². The molecule has 3 atom stereocenters. The van der Waals surface area contributed by atoms with Gasteiger partial charge in [0.25, 0.3) is 0 Å². The summed E-state index contributed by atoms with van der Waals surface area (Å²) in [5.74, 6) is 2.37. The van der Waals surface area contributed by atoms with Crippen LogP contribution in [0.25, 0.3) is 0 Å². The fraction of sp³-hybridized carbons (Fsp3) is 0.786. The van der Waals surface area contributed by atoms with E-state index in [2.05, 4.69) is 24.3 Å². The van der Waals surface area contributed by atoms with Crippen LogP contribution in [-0.2, 0) is 7.05 Å². The minimum absolute atomic E-state index is 0.356. The van der Waals surface area contributed by atoms with Gasteiger partial charge in [0.2, 0.25) is 0 Å². The van der Waals surface area contributed by atoms with Crippen molar-refractivity contribution in [1.29, 1.82) is 0 Å². The van der Waals surface area contributed by atoms with Crippen LogP contribution in [-0.4, -0.2) is 23.4 Å². The van der Waals surface area contributed by atoms with Gasteiger partial charge in [-0.15, -0.1) is 0 Å². The second kappa shape index (κ2) is 5.74. The average molecular weight is 251 g/mol. The van der Waals surface area contributed by atoms with Crippen molar-refractivity contribution >= 4 is 0 Å². The lowest BCUT2D eigenvalue weighted by molar-refractivity contribution is 0.285. The van der Waals surface area contributed by atoms with Gasteiger partial charge in [0.15, 0.2) is 5.75 Å². The van der Waals surface area contributed by atoms with Crippen LogP contribution < -0.4 is 10.1 Å². The summed E-state index contributed by atoms with van der Waals surface area (Å²) >= 11 is 0. The van der Waals surface area contributed by atoms with Crippen LogP contribution in [0.1, 0.15) is 44.8 Å². The van der Waals surface area contributed by atoms with Gasteiger partial charge in [-0.25, -0.2) is 0 Å². The maximum atomic E-state index is 5.46. The smallest absolute Gasteiger partial charge is 0.161 e. The topological polar surface area (TPSA) is 39.1 Å². The zero-order valence-electron chi connectivity index (χ0n) is 11.9. The van der Waals surface area contributed by atoms with Crippen LogP contribution in [0.3, 0.4) is 0 Å². The van der Waals surface area contributed by atoms with E-state index in [1.807, 2.05) is 17.9 Å². The number of ether oxygens (including phenoxy) is 1. The van der Waals surface area contributed by atoms with Crippen LogP contribution in [0.2, 0.25) is 0 Å². The molecule has 1 saturated carbocycles. The van der Waals surface area contributed by atoms with Gasteiger partial charge in [-0.3, -0.25) is 4.68 Å². The average Bonchev–Trinajstić information content (AvgIpc) is 2.93. The lowest BCUT2D eigenvalue weighted by Gasteiger charge is -2.28. The highest BCUT2D eigenvalue weighted by Crippen LogP contribution is 2.42. The van der Waals surface area contributed by atoms with Crippen LogP contribution >= 0.6 is 0 Å². The number of hydrogen-bond donors (Lipinski definition) is 1. The highest BCUT2D eigenvalue weighted by atomic mass is 16.5. The molecule has 3 unspecified atom stereocenters. The van der Waals surface area contributed by atoms with Crippen molar-refractivity contribution in [3.63, 3.8) is 0 Å². The van der Waals surface area contributed by atoms with Crippen molar-refractivity contribution in [3.8, 4) is 5.75 Å². The number of nitrogens with zero attached hydrogens (tertiary/aromatic N) is 2. The van der Waals surface area contributed by atoms with Crippen molar-refractivity contribution < 1.29 is 4.74 Å². The third-order valence-corrected chi connectivity index (χ3v) is 4.24. The van der Waals surface area contributed by atoms with Gasteiger partial charge < -0.3 is 10.1 Å². The summed E-state index contributed by atoms with van der Waals surface area (Å²) in [6.07, 6.45) is 5.80. The molecule has 102 valence electrons. The van der Waals surface area contributed by atoms with E-state index in [1.54, 1.807) is 7.11 Å². The standard InChI is InChI=1S/C14H25N3O/c1-5-15-13(11-8-6-7-10(11)2)14-12(18-4)9-16-17(14)3/h9-11,13,15H,5-8H2,1-4H3. The van der Waals surface area contributed by atoms with E-state index in [9.17, 15) is 0 Å². The molecule has 1 fully saturated rings. The zero-order valence-corrected chi connectivity index (χ0v) is 11.9. The van der Waals surface area contributed by atoms with Crippen molar-refractivity contribution in [1.82, 2.24) is 15.1 Å². The Morgan fingerprint density at radius 2 is 2.33 bits per heavy atom. The highest BCUT2D eigenvalue weighted by Gasteiger charge is 2.34. The molecule has 4 nitrogen and oxygen atoms in total. The molecular formula is C14H25N3O. The maximum Gasteiger partial charge on any atom is 0.161 e. The first-order valence-electron chi connectivity index (χ1n) is 6.98. The Kier molecular flexibility index (Phi) is 4.27. The van der Waals surface area contributed by atoms with Crippen LogP contribution in [0.15, 0.2) is 6.20 Å². The van der Waals surface area contributed by atoms with Gasteiger partial charge in [0.05, 0.1) is 25.0 Å². The summed E-state index contributed by atoms with van der Waals surface area (Å²) in [5, 5.41) is 7.97. The van der Waals surface area contributed by atoms with E-state index in [0.717, 1.165) is 18.2 Å². The van der Waals surface area contributed by atoms with Crippen molar-refractivity contribution in [2.75, 3.05) is 13.7 Å². The second-order valence-electron chi connectivity index (χ2n) is 5.33. The Balaban J connectivity index is 2.31. The molecule has 4 heteroatoms. The van der Waals surface area contributed by atoms with E-state index in [1.165, 1.54) is 25.0 Å². The lowest BCUT2D eigenvalue weighted by atomic mass is 9.88. The first kappa shape index (κ1) is 13.4. The summed E-state index contributed by atoms with van der Waals surface area (Å²) < 4.78 is 7.42. The Bertz CT molecular complexity index is 388. The van der Waals surface area contributed by atoms with E-state index in [4.69, 9.17) is 4.74 Å². The van der Waals surface area contributed by atoms with Gasteiger partial charge in [-0.1, -0.05) is 26.7 Å². The van der Waals surface area contributed by atoms with E-state index in [0.29, 0.717) is 12.0 Å². The molecule has 2 rings (SSSR count). The number of aryl methyl sites for hydroxylation is 1. The molecule has 1 heterocycles. The van der Waals surface area contributed by atoms with E-state index < -0.39 is 0 Å². The SMILES string of the molecule is CCNC(c1c(OC)cnn1C)C1CCCC1C. The van der Waals surface area contributed by atoms with Crippen molar-refractivity contribution in [3.05, 3.63) is 11.9 Å². The minimum atomic E-state index is 0.356. The first-order valence-corrected chi connectivity index (χ1v) is 6.98. The van der Waals surface area contributed by atoms with Gasteiger partial charge >= 0.3 is 0 Å². The van der Waals surface area contributed by atoms with Crippen LogP contribution in [0.5, 0.6) is 5.75 Å². The third kappa shape index (κ3) is 2.39. The van der Waals surface area contributed by atoms with Crippen molar-refractivity contribution in [2.24, 2.45) is 18.9 Å². The third-order valence-electron chi connectivity index (χ3n) is 4.24. The molecule has 1 aromatic rings. The Morgan fingerprint density at radius 1 is 1.56 bits per heavy atom. The molecule has 1 N–H and O–H groups in total. The van der Waals surface area contributed by atoms with E-state index in [-0.39, 0.29) is 0 Å². The summed E-state index contributed by atoms with van der Waals surface area (Å²) in [6.45, 7) is 5.50. The minimum Gasteiger partial charge on any atom is -0.493 e. The van der Waals surface area contributed by atoms with Gasteiger partial charge in [0, 0.05) is 7.05 Å². The summed E-state index contributed by atoms with van der Waals surface area (Å²) in [4.78, 5) is 0. The molecule has 0 amide bonds.